The number of fused-ring (bicyclic) bond motifs is 1. The Morgan fingerprint density at radius 2 is 2.31 bits per heavy atom. The highest BCUT2D eigenvalue weighted by atomic mass is 16.5. The van der Waals surface area contributed by atoms with Gasteiger partial charge >= 0.3 is 0 Å². The maximum absolute atomic E-state index is 8.37. The molecular formula is C11H11N3O2. The molecule has 0 aliphatic carbocycles. The molecule has 2 rings (SSSR count). The first-order chi connectivity index (χ1) is 7.76. The molecule has 1 aromatic heterocycles. The van der Waals surface area contributed by atoms with Crippen molar-refractivity contribution in [2.24, 2.45) is 5.11 Å². The van der Waals surface area contributed by atoms with Crippen molar-refractivity contribution in [2.75, 3.05) is 7.11 Å². The Bertz CT molecular complexity index is 555. The number of hydrogen-bond acceptors (Lipinski definition) is 3. The first kappa shape index (κ1) is 10.4. The fourth-order valence-electron chi connectivity index (χ4n) is 1.56. The molecule has 0 fully saturated rings. The molecule has 0 N–H and O–H groups in total. The second-order valence-electron chi connectivity index (χ2n) is 3.41. The quantitative estimate of drug-likeness (QED) is 0.445. The zero-order chi connectivity index (χ0) is 11.5. The number of rotatable bonds is 3. The summed E-state index contributed by atoms with van der Waals surface area (Å²) < 4.78 is 10.8. The molecule has 1 heterocycles. The summed E-state index contributed by atoms with van der Waals surface area (Å²) in [6, 6.07) is 7.18. The van der Waals surface area contributed by atoms with Crippen molar-refractivity contribution in [2.45, 2.75) is 13.0 Å². The highest BCUT2D eigenvalue weighted by Crippen LogP contribution is 2.31. The van der Waals surface area contributed by atoms with Crippen molar-refractivity contribution in [1.29, 1.82) is 0 Å². The van der Waals surface area contributed by atoms with E-state index in [4.69, 9.17) is 14.7 Å². The zero-order valence-corrected chi connectivity index (χ0v) is 9.04. The predicted octanol–water partition coefficient (Wildman–Crippen LogP) is 3.81. The van der Waals surface area contributed by atoms with Crippen molar-refractivity contribution in [3.63, 3.8) is 0 Å². The number of hydrogen-bond donors (Lipinski definition) is 0. The van der Waals surface area contributed by atoms with Gasteiger partial charge in [0.05, 0.1) is 13.2 Å². The largest absolute Gasteiger partial charge is 0.493 e. The SMILES string of the molecule is COc1cccc2cc([C@@H](C)N=[N+]=[N-])oc12. The third kappa shape index (κ3) is 1.68. The van der Waals surface area contributed by atoms with Crippen molar-refractivity contribution < 1.29 is 9.15 Å². The summed E-state index contributed by atoms with van der Waals surface area (Å²) in [4.78, 5) is 2.76. The van der Waals surface area contributed by atoms with Gasteiger partial charge in [0.15, 0.2) is 11.3 Å². The first-order valence-corrected chi connectivity index (χ1v) is 4.87. The number of furan rings is 1. The van der Waals surface area contributed by atoms with Crippen LogP contribution in [0.25, 0.3) is 21.4 Å². The first-order valence-electron chi connectivity index (χ1n) is 4.87. The molecule has 0 radical (unpaired) electrons. The molecule has 0 unspecified atom stereocenters. The lowest BCUT2D eigenvalue weighted by atomic mass is 10.2. The molecule has 82 valence electrons. The standard InChI is InChI=1S/C11H11N3O2/c1-7(13-14-12)10-6-8-4-3-5-9(15-2)11(8)16-10/h3-7H,1-2H3/t7-/m1/s1. The second kappa shape index (κ2) is 4.16. The van der Waals surface area contributed by atoms with Crippen molar-refractivity contribution in [3.8, 4) is 5.75 Å². The van der Waals surface area contributed by atoms with Crippen LogP contribution in [0.2, 0.25) is 0 Å². The number of para-hydroxylation sites is 1. The van der Waals surface area contributed by atoms with E-state index >= 15 is 0 Å². The summed E-state index contributed by atoms with van der Waals surface area (Å²) >= 11 is 0. The molecule has 1 atom stereocenters. The number of benzene rings is 1. The Morgan fingerprint density at radius 1 is 1.50 bits per heavy atom. The third-order valence-electron chi connectivity index (χ3n) is 2.38. The molecule has 0 bridgehead atoms. The van der Waals surface area contributed by atoms with Crippen LogP contribution >= 0.6 is 0 Å². The Hall–Kier alpha value is -2.13. The average Bonchev–Trinajstić information content (AvgIpc) is 2.72. The highest BCUT2D eigenvalue weighted by Gasteiger charge is 2.12. The fourth-order valence-corrected chi connectivity index (χ4v) is 1.56. The van der Waals surface area contributed by atoms with E-state index in [2.05, 4.69) is 10.0 Å². The van der Waals surface area contributed by atoms with Crippen LogP contribution in [0.5, 0.6) is 5.75 Å². The van der Waals surface area contributed by atoms with Gasteiger partial charge in [-0.2, -0.15) is 0 Å². The predicted molar refractivity (Wildman–Crippen MR) is 60.3 cm³/mol. The summed E-state index contributed by atoms with van der Waals surface area (Å²) in [5, 5.41) is 4.53. The molecule has 5 nitrogen and oxygen atoms in total. The topological polar surface area (TPSA) is 71.1 Å². The van der Waals surface area contributed by atoms with Gasteiger partial charge in [-0.15, -0.1) is 0 Å². The highest BCUT2D eigenvalue weighted by molar-refractivity contribution is 5.83. The molecular weight excluding hydrogens is 206 g/mol. The maximum atomic E-state index is 8.37. The summed E-state index contributed by atoms with van der Waals surface area (Å²) in [6.07, 6.45) is 0. The molecule has 0 aliphatic heterocycles. The molecule has 0 spiro atoms. The smallest absolute Gasteiger partial charge is 0.176 e. The molecule has 5 heteroatoms. The van der Waals surface area contributed by atoms with E-state index < -0.39 is 0 Å². The minimum absolute atomic E-state index is 0.317. The van der Waals surface area contributed by atoms with Gasteiger partial charge in [0.1, 0.15) is 5.76 Å². The third-order valence-corrected chi connectivity index (χ3v) is 2.38. The van der Waals surface area contributed by atoms with Gasteiger partial charge in [-0.1, -0.05) is 17.2 Å². The number of methoxy groups -OCH3 is 1. The van der Waals surface area contributed by atoms with E-state index in [-0.39, 0.29) is 6.04 Å². The number of ether oxygens (including phenoxy) is 1. The normalized spacial score (nSPS) is 12.1. The van der Waals surface area contributed by atoms with Gasteiger partial charge < -0.3 is 9.15 Å². The van der Waals surface area contributed by atoms with E-state index in [1.807, 2.05) is 24.3 Å². The van der Waals surface area contributed by atoms with Crippen LogP contribution in [-0.2, 0) is 0 Å². The van der Waals surface area contributed by atoms with Crippen molar-refractivity contribution >= 4 is 11.0 Å². The van der Waals surface area contributed by atoms with Gasteiger partial charge in [-0.05, 0) is 24.6 Å². The summed E-state index contributed by atoms with van der Waals surface area (Å²) in [7, 11) is 1.59. The molecule has 16 heavy (non-hydrogen) atoms. The zero-order valence-electron chi connectivity index (χ0n) is 9.04. The second-order valence-corrected chi connectivity index (χ2v) is 3.41. The Kier molecular flexibility index (Phi) is 2.70. The van der Waals surface area contributed by atoms with E-state index in [0.717, 1.165) is 5.39 Å². The number of azide groups is 1. The summed E-state index contributed by atoms with van der Waals surface area (Å²) in [6.45, 7) is 1.78. The van der Waals surface area contributed by atoms with Crippen LogP contribution in [0.3, 0.4) is 0 Å². The molecule has 1 aromatic carbocycles. The van der Waals surface area contributed by atoms with Crippen LogP contribution < -0.4 is 4.74 Å². The van der Waals surface area contributed by atoms with Crippen molar-refractivity contribution in [3.05, 3.63) is 40.5 Å². The van der Waals surface area contributed by atoms with Gasteiger partial charge in [0, 0.05) is 10.3 Å². The van der Waals surface area contributed by atoms with E-state index in [1.54, 1.807) is 14.0 Å². The van der Waals surface area contributed by atoms with E-state index in [1.165, 1.54) is 0 Å². The Balaban J connectivity index is 2.55. The minimum atomic E-state index is -0.317. The van der Waals surface area contributed by atoms with Crippen LogP contribution in [0.1, 0.15) is 18.7 Å². The van der Waals surface area contributed by atoms with Gasteiger partial charge in [-0.3, -0.25) is 0 Å². The average molecular weight is 217 g/mol. The fraction of sp³-hybridized carbons (Fsp3) is 0.273. The van der Waals surface area contributed by atoms with Gasteiger partial charge in [0.25, 0.3) is 0 Å². The van der Waals surface area contributed by atoms with Crippen LogP contribution in [0.4, 0.5) is 0 Å². The maximum Gasteiger partial charge on any atom is 0.176 e. The lowest BCUT2D eigenvalue weighted by Gasteiger charge is -1.99. The molecule has 0 saturated heterocycles. The number of nitrogens with zero attached hydrogens (tertiary/aromatic N) is 3. The van der Waals surface area contributed by atoms with Crippen molar-refractivity contribution in [1.82, 2.24) is 0 Å². The van der Waals surface area contributed by atoms with Gasteiger partial charge in [-0.25, -0.2) is 0 Å². The van der Waals surface area contributed by atoms with Crippen LogP contribution in [0.15, 0.2) is 33.8 Å². The Labute approximate surface area is 92.2 Å². The van der Waals surface area contributed by atoms with Crippen LogP contribution in [0, 0.1) is 0 Å². The monoisotopic (exact) mass is 217 g/mol. The molecule has 0 aliphatic rings. The lowest BCUT2D eigenvalue weighted by Crippen LogP contribution is -1.83. The van der Waals surface area contributed by atoms with E-state index in [0.29, 0.717) is 17.1 Å². The lowest BCUT2D eigenvalue weighted by molar-refractivity contribution is 0.405. The molecule has 0 saturated carbocycles. The minimum Gasteiger partial charge on any atom is -0.493 e. The van der Waals surface area contributed by atoms with E-state index in [9.17, 15) is 0 Å². The summed E-state index contributed by atoms with van der Waals surface area (Å²) in [5.74, 6) is 1.31. The summed E-state index contributed by atoms with van der Waals surface area (Å²) in [5.41, 5.74) is 9.05. The van der Waals surface area contributed by atoms with Gasteiger partial charge in [0.2, 0.25) is 0 Å². The van der Waals surface area contributed by atoms with Crippen LogP contribution in [-0.4, -0.2) is 7.11 Å². The molecule has 0 amide bonds. The molecule has 2 aromatic rings. The Morgan fingerprint density at radius 3 is 3.00 bits per heavy atom.